The zero-order chi connectivity index (χ0) is 14.9. The molecule has 2 aromatic rings. The highest BCUT2D eigenvalue weighted by molar-refractivity contribution is 7.50. The Morgan fingerprint density at radius 2 is 1.75 bits per heavy atom. The molecule has 0 aliphatic heterocycles. The maximum absolute atomic E-state index is 11.1. The molecule has 0 bridgehead atoms. The normalized spacial score (nSPS) is 13.3. The number of carboxylic acid groups (broad SMARTS) is 1. The average molecular weight is 295 g/mol. The minimum atomic E-state index is -4.20. The summed E-state index contributed by atoms with van der Waals surface area (Å²) in [6.07, 6.45) is -0.393. The molecule has 0 amide bonds. The Morgan fingerprint density at radius 3 is 2.30 bits per heavy atom. The van der Waals surface area contributed by atoms with Gasteiger partial charge in [0.2, 0.25) is 0 Å². The summed E-state index contributed by atoms with van der Waals surface area (Å²) in [6, 6.07) is 8.67. The van der Waals surface area contributed by atoms with Crippen LogP contribution in [0.3, 0.4) is 0 Å². The third-order valence-corrected chi connectivity index (χ3v) is 3.78. The Bertz CT molecular complexity index is 709. The molecule has 5 N–H and O–H groups in total. The second-order valence-electron chi connectivity index (χ2n) is 4.50. The number of rotatable bonds is 4. The third-order valence-electron chi connectivity index (χ3n) is 3.03. The zero-order valence-electron chi connectivity index (χ0n) is 10.4. The van der Waals surface area contributed by atoms with E-state index in [0.29, 0.717) is 21.9 Å². The Hall–Kier alpha value is -1.72. The molecular weight excluding hydrogens is 281 g/mol. The molecule has 0 heterocycles. The lowest BCUT2D eigenvalue weighted by Gasteiger charge is -2.14. The first-order valence-corrected chi connectivity index (χ1v) is 7.63. The predicted molar refractivity (Wildman–Crippen MR) is 74.3 cm³/mol. The lowest BCUT2D eigenvalue weighted by molar-refractivity contribution is -0.138. The molecule has 0 saturated heterocycles. The van der Waals surface area contributed by atoms with E-state index < -0.39 is 25.8 Å². The Morgan fingerprint density at radius 1 is 1.15 bits per heavy atom. The number of carbonyl (C=O) groups is 1. The first kappa shape index (κ1) is 14.7. The molecule has 0 saturated carbocycles. The molecule has 0 radical (unpaired) electrons. The van der Waals surface area contributed by atoms with Crippen molar-refractivity contribution in [3.8, 4) is 0 Å². The molecule has 106 valence electrons. The molecule has 0 aliphatic carbocycles. The fraction of sp³-hybridized carbons (Fsp3) is 0.154. The second-order valence-corrected chi connectivity index (χ2v) is 6.14. The van der Waals surface area contributed by atoms with E-state index >= 15 is 0 Å². The molecule has 2 aromatic carbocycles. The van der Waals surface area contributed by atoms with Crippen LogP contribution in [0.1, 0.15) is 17.2 Å². The summed E-state index contributed by atoms with van der Waals surface area (Å²) in [6.45, 7) is 0. The van der Waals surface area contributed by atoms with Crippen LogP contribution in [0.4, 0.5) is 0 Å². The summed E-state index contributed by atoms with van der Waals surface area (Å²) >= 11 is 0. The van der Waals surface area contributed by atoms with E-state index in [-0.39, 0.29) is 0 Å². The summed E-state index contributed by atoms with van der Waals surface area (Å²) in [7, 11) is -4.20. The van der Waals surface area contributed by atoms with Crippen LogP contribution < -0.4 is 5.73 Å². The van der Waals surface area contributed by atoms with Gasteiger partial charge in [0, 0.05) is 0 Å². The molecule has 0 aliphatic rings. The lowest BCUT2D eigenvalue weighted by atomic mass is 9.96. The van der Waals surface area contributed by atoms with Crippen molar-refractivity contribution in [2.45, 2.75) is 12.2 Å². The Kier molecular flexibility index (Phi) is 3.92. The van der Waals surface area contributed by atoms with Gasteiger partial charge in [0.15, 0.2) is 0 Å². The molecule has 0 spiro atoms. The summed E-state index contributed by atoms with van der Waals surface area (Å²) in [5.74, 6) is -1.15. The summed E-state index contributed by atoms with van der Waals surface area (Å²) < 4.78 is 11.1. The van der Waals surface area contributed by atoms with Gasteiger partial charge in [-0.3, -0.25) is 9.36 Å². The standard InChI is InChI=1S/C13H14NO5P/c14-12(13(15)16)11-6-5-8(7-20(17,18)19)9-3-1-2-4-10(9)11/h1-6,12H,7,14H2,(H,15,16)(H2,17,18,19). The van der Waals surface area contributed by atoms with Crippen LogP contribution in [-0.4, -0.2) is 20.9 Å². The van der Waals surface area contributed by atoms with Gasteiger partial charge in [0.25, 0.3) is 0 Å². The molecule has 0 aromatic heterocycles. The smallest absolute Gasteiger partial charge is 0.329 e. The van der Waals surface area contributed by atoms with Crippen LogP contribution in [0.5, 0.6) is 0 Å². The van der Waals surface area contributed by atoms with Gasteiger partial charge in [-0.15, -0.1) is 0 Å². The highest BCUT2D eigenvalue weighted by atomic mass is 31.2. The molecule has 1 atom stereocenters. The van der Waals surface area contributed by atoms with Gasteiger partial charge in [-0.05, 0) is 21.9 Å². The topological polar surface area (TPSA) is 121 Å². The maximum atomic E-state index is 11.1. The number of fused-ring (bicyclic) bond motifs is 1. The number of aliphatic carboxylic acids is 1. The highest BCUT2D eigenvalue weighted by Crippen LogP contribution is 2.41. The van der Waals surface area contributed by atoms with E-state index in [0.717, 1.165) is 0 Å². The molecule has 7 heteroatoms. The van der Waals surface area contributed by atoms with Gasteiger partial charge in [-0.25, -0.2) is 0 Å². The first-order chi connectivity index (χ1) is 9.29. The van der Waals surface area contributed by atoms with Gasteiger partial charge in [0.05, 0.1) is 6.16 Å². The number of hydrogen-bond donors (Lipinski definition) is 4. The fourth-order valence-electron chi connectivity index (χ4n) is 2.15. The van der Waals surface area contributed by atoms with Gasteiger partial charge < -0.3 is 20.6 Å². The number of benzene rings is 2. The number of hydrogen-bond acceptors (Lipinski definition) is 3. The van der Waals surface area contributed by atoms with Crippen molar-refractivity contribution in [2.75, 3.05) is 0 Å². The van der Waals surface area contributed by atoms with Crippen LogP contribution >= 0.6 is 7.60 Å². The summed E-state index contributed by atoms with van der Waals surface area (Å²) in [5.41, 5.74) is 6.51. The van der Waals surface area contributed by atoms with Crippen LogP contribution in [0, 0.1) is 0 Å². The SMILES string of the molecule is NC(C(=O)O)c1ccc(CP(=O)(O)O)c2ccccc12. The van der Waals surface area contributed by atoms with Crippen LogP contribution in [0.2, 0.25) is 0 Å². The Balaban J connectivity index is 2.64. The highest BCUT2D eigenvalue weighted by Gasteiger charge is 2.20. The molecule has 20 heavy (non-hydrogen) atoms. The number of carboxylic acids is 1. The van der Waals surface area contributed by atoms with Crippen molar-refractivity contribution < 1.29 is 24.3 Å². The van der Waals surface area contributed by atoms with E-state index in [1.54, 1.807) is 24.3 Å². The van der Waals surface area contributed by atoms with E-state index in [1.807, 2.05) is 0 Å². The van der Waals surface area contributed by atoms with E-state index in [2.05, 4.69) is 0 Å². The average Bonchev–Trinajstić information content (AvgIpc) is 2.36. The molecule has 0 fully saturated rings. The van der Waals surface area contributed by atoms with Crippen molar-refractivity contribution in [1.82, 2.24) is 0 Å². The van der Waals surface area contributed by atoms with Gasteiger partial charge in [-0.2, -0.15) is 0 Å². The van der Waals surface area contributed by atoms with Gasteiger partial charge in [-0.1, -0.05) is 36.4 Å². The number of nitrogens with two attached hydrogens (primary N) is 1. The largest absolute Gasteiger partial charge is 0.480 e. The molecular formula is C13H14NO5P. The fourth-order valence-corrected chi connectivity index (χ4v) is 2.87. The minimum absolute atomic E-state index is 0.393. The van der Waals surface area contributed by atoms with Crippen LogP contribution in [0.25, 0.3) is 10.8 Å². The maximum Gasteiger partial charge on any atom is 0.329 e. The molecule has 2 rings (SSSR count). The predicted octanol–water partition coefficient (Wildman–Crippen LogP) is 1.60. The summed E-state index contributed by atoms with van der Waals surface area (Å²) in [5, 5.41) is 10.2. The van der Waals surface area contributed by atoms with Crippen molar-refractivity contribution in [3.63, 3.8) is 0 Å². The van der Waals surface area contributed by atoms with E-state index in [9.17, 15) is 9.36 Å². The quantitative estimate of drug-likeness (QED) is 0.636. The van der Waals surface area contributed by atoms with Crippen LogP contribution in [0.15, 0.2) is 36.4 Å². The van der Waals surface area contributed by atoms with E-state index in [1.165, 1.54) is 12.1 Å². The second kappa shape index (κ2) is 5.34. The van der Waals surface area contributed by atoms with Crippen molar-refractivity contribution >= 4 is 24.3 Å². The lowest BCUT2D eigenvalue weighted by Crippen LogP contribution is -2.21. The molecule has 6 nitrogen and oxygen atoms in total. The van der Waals surface area contributed by atoms with Crippen molar-refractivity contribution in [1.29, 1.82) is 0 Å². The van der Waals surface area contributed by atoms with Crippen LogP contribution in [-0.2, 0) is 15.5 Å². The third kappa shape index (κ3) is 3.05. The molecule has 1 unspecified atom stereocenters. The monoisotopic (exact) mass is 295 g/mol. The Labute approximate surface area is 115 Å². The van der Waals surface area contributed by atoms with Gasteiger partial charge in [0.1, 0.15) is 6.04 Å². The van der Waals surface area contributed by atoms with Gasteiger partial charge >= 0.3 is 13.6 Å². The first-order valence-electron chi connectivity index (χ1n) is 5.83. The minimum Gasteiger partial charge on any atom is -0.480 e. The summed E-state index contributed by atoms with van der Waals surface area (Å²) in [4.78, 5) is 29.2. The van der Waals surface area contributed by atoms with Crippen molar-refractivity contribution in [2.24, 2.45) is 5.73 Å². The van der Waals surface area contributed by atoms with E-state index in [4.69, 9.17) is 20.6 Å². The zero-order valence-corrected chi connectivity index (χ0v) is 11.3. The van der Waals surface area contributed by atoms with Crippen molar-refractivity contribution in [3.05, 3.63) is 47.5 Å².